The van der Waals surface area contributed by atoms with Crippen LogP contribution in [0.4, 0.5) is 0 Å². The first-order valence-corrected chi connectivity index (χ1v) is 9.47. The van der Waals surface area contributed by atoms with Gasteiger partial charge in [-0.2, -0.15) is 5.26 Å². The van der Waals surface area contributed by atoms with Gasteiger partial charge in [-0.1, -0.05) is 29.4 Å². The topological polar surface area (TPSA) is 112 Å². The third-order valence-electron chi connectivity index (χ3n) is 3.97. The van der Waals surface area contributed by atoms with Gasteiger partial charge in [-0.25, -0.2) is 15.0 Å². The number of halogens is 1. The van der Waals surface area contributed by atoms with Crippen LogP contribution in [-0.4, -0.2) is 32.0 Å². The molecule has 3 aromatic rings. The number of ketones is 1. The van der Waals surface area contributed by atoms with Gasteiger partial charge in [-0.3, -0.25) is 9.59 Å². The summed E-state index contributed by atoms with van der Waals surface area (Å²) >= 11 is 7.29. The Balaban J connectivity index is 2.15. The van der Waals surface area contributed by atoms with Crippen LogP contribution in [0, 0.1) is 25.2 Å². The number of H-pyrrole nitrogens is 1. The molecule has 136 valence electrons. The summed E-state index contributed by atoms with van der Waals surface area (Å²) < 4.78 is 0. The van der Waals surface area contributed by atoms with E-state index >= 15 is 0 Å². The molecule has 0 aliphatic rings. The van der Waals surface area contributed by atoms with Crippen molar-refractivity contribution in [1.82, 2.24) is 19.9 Å². The van der Waals surface area contributed by atoms with E-state index in [1.165, 1.54) is 18.0 Å². The Kier molecular flexibility index (Phi) is 5.26. The zero-order valence-electron chi connectivity index (χ0n) is 14.7. The molecule has 1 unspecified atom stereocenters. The van der Waals surface area contributed by atoms with Crippen LogP contribution in [0.3, 0.4) is 0 Å². The van der Waals surface area contributed by atoms with Gasteiger partial charge < -0.3 is 4.98 Å². The average molecular weight is 400 g/mol. The Labute approximate surface area is 163 Å². The lowest BCUT2D eigenvalue weighted by Crippen LogP contribution is -2.21. The van der Waals surface area contributed by atoms with E-state index in [-0.39, 0.29) is 16.5 Å². The van der Waals surface area contributed by atoms with E-state index in [0.29, 0.717) is 16.1 Å². The van der Waals surface area contributed by atoms with Crippen LogP contribution >= 0.6 is 23.4 Å². The molecule has 0 bridgehead atoms. The maximum Gasteiger partial charge on any atom is 0.258 e. The molecule has 0 radical (unpaired) electrons. The van der Waals surface area contributed by atoms with E-state index in [4.69, 9.17) is 11.6 Å². The maximum absolute atomic E-state index is 12.9. The van der Waals surface area contributed by atoms with Crippen LogP contribution in [-0.2, 0) is 0 Å². The molecule has 2 aromatic heterocycles. The summed E-state index contributed by atoms with van der Waals surface area (Å²) in [4.78, 5) is 40.4. The minimum Gasteiger partial charge on any atom is -0.308 e. The molecule has 2 heterocycles. The first-order valence-electron chi connectivity index (χ1n) is 7.87. The molecule has 27 heavy (non-hydrogen) atoms. The molecule has 7 nitrogen and oxygen atoms in total. The number of nitriles is 1. The highest BCUT2D eigenvalue weighted by atomic mass is 35.5. The number of aryl methyl sites for hydroxylation is 2. The van der Waals surface area contributed by atoms with E-state index in [0.717, 1.165) is 11.1 Å². The molecule has 0 fully saturated rings. The maximum atomic E-state index is 12.9. The molecule has 0 saturated carbocycles. The van der Waals surface area contributed by atoms with Crippen LogP contribution in [0.1, 0.15) is 33.4 Å². The molecule has 0 aliphatic heterocycles. The van der Waals surface area contributed by atoms with Crippen molar-refractivity contribution in [2.45, 2.75) is 24.9 Å². The lowest BCUT2D eigenvalue weighted by Gasteiger charge is -2.11. The van der Waals surface area contributed by atoms with E-state index in [1.807, 2.05) is 26.0 Å². The van der Waals surface area contributed by atoms with Crippen LogP contribution in [0.25, 0.3) is 10.9 Å². The van der Waals surface area contributed by atoms with E-state index in [9.17, 15) is 14.9 Å². The number of aromatic nitrogens is 4. The number of hydrogen-bond donors (Lipinski definition) is 1. The third-order valence-corrected chi connectivity index (χ3v) is 4.80. The summed E-state index contributed by atoms with van der Waals surface area (Å²) in [5.41, 5.74) is 1.67. The molecular formula is C18H14ClN5O2S. The molecule has 1 atom stereocenters. The zero-order valence-corrected chi connectivity index (χ0v) is 16.3. The largest absolute Gasteiger partial charge is 0.308 e. The first-order chi connectivity index (χ1) is 12.8. The molecule has 0 saturated heterocycles. The number of benzene rings is 1. The summed E-state index contributed by atoms with van der Waals surface area (Å²) in [6, 6.07) is 5.49. The summed E-state index contributed by atoms with van der Waals surface area (Å²) in [6.45, 7) is 3.70. The number of carbonyl (C=O) groups excluding carboxylic acids is 1. The molecule has 0 spiro atoms. The summed E-state index contributed by atoms with van der Waals surface area (Å²) in [7, 11) is 0. The van der Waals surface area contributed by atoms with Crippen LogP contribution < -0.4 is 5.56 Å². The van der Waals surface area contributed by atoms with Crippen LogP contribution in [0.15, 0.2) is 28.3 Å². The minimum atomic E-state index is -1.34. The van der Waals surface area contributed by atoms with Crippen LogP contribution in [0.2, 0.25) is 5.02 Å². The number of carbonyl (C=O) groups is 1. The number of aromatic amines is 1. The Morgan fingerprint density at radius 2 is 2.07 bits per heavy atom. The van der Waals surface area contributed by atoms with Crippen molar-refractivity contribution in [3.8, 4) is 6.07 Å². The standard InChI is InChI=1S/C18H14ClN5O2S/c1-8-4-9(2)13-10(5-8)17(26)24-16(22-13)11(6-20)15(25)14-12(19)7-21-18(23-14)27-3/h4-5,7,11H,1-3H3,(H,22,24,26). The predicted octanol–water partition coefficient (Wildman–Crippen LogP) is 3.20. The number of nitrogens with zero attached hydrogens (tertiary/aromatic N) is 4. The molecule has 1 aromatic carbocycles. The number of hydrogen-bond acceptors (Lipinski definition) is 7. The molecule has 9 heteroatoms. The number of thioether (sulfide) groups is 1. The van der Waals surface area contributed by atoms with Crippen molar-refractivity contribution in [2.24, 2.45) is 0 Å². The fourth-order valence-electron chi connectivity index (χ4n) is 2.75. The van der Waals surface area contributed by atoms with Gasteiger partial charge in [0.1, 0.15) is 11.5 Å². The van der Waals surface area contributed by atoms with Gasteiger partial charge in [0.15, 0.2) is 11.1 Å². The van der Waals surface area contributed by atoms with Gasteiger partial charge in [-0.15, -0.1) is 0 Å². The van der Waals surface area contributed by atoms with Crippen molar-refractivity contribution in [1.29, 1.82) is 5.26 Å². The molecule has 3 rings (SSSR count). The highest BCUT2D eigenvalue weighted by Gasteiger charge is 2.28. The van der Waals surface area contributed by atoms with Gasteiger partial charge in [0.25, 0.3) is 5.56 Å². The Morgan fingerprint density at radius 1 is 1.33 bits per heavy atom. The lowest BCUT2D eigenvalue weighted by atomic mass is 10.0. The second-order valence-corrected chi connectivity index (χ2v) is 7.09. The summed E-state index contributed by atoms with van der Waals surface area (Å²) in [5.74, 6) is -2.02. The average Bonchev–Trinajstić information content (AvgIpc) is 2.63. The number of fused-ring (bicyclic) bond motifs is 1. The second kappa shape index (κ2) is 7.47. The van der Waals surface area contributed by atoms with Gasteiger partial charge in [0.05, 0.1) is 28.2 Å². The Morgan fingerprint density at radius 3 is 2.74 bits per heavy atom. The highest BCUT2D eigenvalue weighted by molar-refractivity contribution is 7.98. The van der Waals surface area contributed by atoms with Crippen molar-refractivity contribution in [3.63, 3.8) is 0 Å². The second-order valence-electron chi connectivity index (χ2n) is 5.91. The highest BCUT2D eigenvalue weighted by Crippen LogP contribution is 2.24. The molecule has 0 amide bonds. The molecule has 0 aliphatic carbocycles. The van der Waals surface area contributed by atoms with Crippen molar-refractivity contribution >= 4 is 40.0 Å². The van der Waals surface area contributed by atoms with Gasteiger partial charge >= 0.3 is 0 Å². The summed E-state index contributed by atoms with van der Waals surface area (Å²) in [5, 5.41) is 10.4. The Hall–Kier alpha value is -2.76. The monoisotopic (exact) mass is 399 g/mol. The molecular weight excluding hydrogens is 386 g/mol. The fraction of sp³-hybridized carbons (Fsp3) is 0.222. The Bertz CT molecular complexity index is 1170. The predicted molar refractivity (Wildman–Crippen MR) is 103 cm³/mol. The van der Waals surface area contributed by atoms with E-state index in [1.54, 1.807) is 12.3 Å². The van der Waals surface area contributed by atoms with Crippen molar-refractivity contribution in [3.05, 3.63) is 56.4 Å². The van der Waals surface area contributed by atoms with Gasteiger partial charge in [-0.05, 0) is 37.3 Å². The first kappa shape index (κ1) is 19.0. The van der Waals surface area contributed by atoms with E-state index in [2.05, 4.69) is 19.9 Å². The smallest absolute Gasteiger partial charge is 0.258 e. The minimum absolute atomic E-state index is 0.0349. The zero-order chi connectivity index (χ0) is 19.7. The van der Waals surface area contributed by atoms with Crippen molar-refractivity contribution in [2.75, 3.05) is 6.26 Å². The molecule has 1 N–H and O–H groups in total. The van der Waals surface area contributed by atoms with Gasteiger partial charge in [0, 0.05) is 0 Å². The van der Waals surface area contributed by atoms with Crippen molar-refractivity contribution < 1.29 is 4.79 Å². The lowest BCUT2D eigenvalue weighted by molar-refractivity contribution is 0.0970. The number of Topliss-reactive ketones (excluding diaryl/α,β-unsaturated/α-hetero) is 1. The third kappa shape index (κ3) is 3.56. The quantitative estimate of drug-likeness (QED) is 0.407. The number of nitrogens with one attached hydrogen (secondary N) is 1. The van der Waals surface area contributed by atoms with Crippen LogP contribution in [0.5, 0.6) is 0 Å². The van der Waals surface area contributed by atoms with E-state index < -0.39 is 17.3 Å². The number of rotatable bonds is 4. The summed E-state index contributed by atoms with van der Waals surface area (Å²) in [6.07, 6.45) is 3.07. The SMILES string of the molecule is CSc1ncc(Cl)c(C(=O)C(C#N)c2nc3c(C)cc(C)cc3c(=O)[nH]2)n1. The fourth-order valence-corrected chi connectivity index (χ4v) is 3.28. The normalized spacial score (nSPS) is 12.0. The van der Waals surface area contributed by atoms with Gasteiger partial charge in [0.2, 0.25) is 5.78 Å².